The Morgan fingerprint density at radius 3 is 2.45 bits per heavy atom. The molecular formula is C20H19ClN2O8. The average Bonchev–Trinajstić information content (AvgIpc) is 2.69. The summed E-state index contributed by atoms with van der Waals surface area (Å²) in [5.74, 6) is -9.45. The Balaban J connectivity index is 2.02. The quantitative estimate of drug-likeness (QED) is 0.179. The van der Waals surface area contributed by atoms with Crippen LogP contribution < -0.4 is 11.5 Å². The molecule has 10 nitrogen and oxygen atoms in total. The number of aromatic hydroxyl groups is 1. The SMILES string of the molecule is C[C@H]1c2cc(Cl)c(N)c(O)c2C(=O)C2=C(O)[C@]3(O)C(=O)C(C(N)=O)=C(O)C[C@@H]3[C@@H](O)[C@@H]21. The molecule has 11 heteroatoms. The summed E-state index contributed by atoms with van der Waals surface area (Å²) in [6.07, 6.45) is -2.14. The first-order chi connectivity index (χ1) is 14.3. The lowest BCUT2D eigenvalue weighted by Crippen LogP contribution is -2.62. The van der Waals surface area contributed by atoms with E-state index < -0.39 is 81.8 Å². The highest BCUT2D eigenvalue weighted by atomic mass is 35.5. The summed E-state index contributed by atoms with van der Waals surface area (Å²) in [4.78, 5) is 37.8. The Hall–Kier alpha value is -3.08. The lowest BCUT2D eigenvalue weighted by Gasteiger charge is -2.50. The average molecular weight is 451 g/mol. The maximum atomic E-state index is 13.3. The van der Waals surface area contributed by atoms with Gasteiger partial charge < -0.3 is 37.0 Å². The second-order valence-electron chi connectivity index (χ2n) is 8.07. The zero-order valence-electron chi connectivity index (χ0n) is 16.1. The molecule has 0 unspecified atom stereocenters. The number of phenols is 1. The first-order valence-corrected chi connectivity index (χ1v) is 9.69. The van der Waals surface area contributed by atoms with E-state index in [4.69, 9.17) is 23.1 Å². The number of benzene rings is 1. The van der Waals surface area contributed by atoms with Crippen LogP contribution in [0.2, 0.25) is 5.02 Å². The molecule has 0 heterocycles. The molecule has 9 N–H and O–H groups in total. The number of Topliss-reactive ketones (excluding diaryl/α,β-unsaturated/α-hetero) is 2. The summed E-state index contributed by atoms with van der Waals surface area (Å²) >= 11 is 6.03. The van der Waals surface area contributed by atoms with Crippen molar-refractivity contribution in [2.24, 2.45) is 17.6 Å². The number of amides is 1. The van der Waals surface area contributed by atoms with Crippen LogP contribution in [0.5, 0.6) is 5.75 Å². The molecule has 164 valence electrons. The molecule has 4 rings (SSSR count). The van der Waals surface area contributed by atoms with Gasteiger partial charge in [0, 0.05) is 23.8 Å². The molecule has 0 saturated heterocycles. The first kappa shape index (κ1) is 21.2. The standard InChI is InChI=1S/C20H19ClN2O8/c1-4-5-2-7(21)13(22)16(27)10(5)15(26)12-9(4)14(25)6-3-8(24)11(19(23)30)17(28)20(6,31)18(12)29/h2,4,6,9,14,24-25,27,29,31H,3,22H2,1H3,(H2,23,30)/t4-,6+,9+,14+,20+/m0/s1. The highest BCUT2D eigenvalue weighted by Crippen LogP contribution is 2.55. The summed E-state index contributed by atoms with van der Waals surface area (Å²) in [6, 6.07) is 1.37. The van der Waals surface area contributed by atoms with Crippen LogP contribution >= 0.6 is 11.6 Å². The highest BCUT2D eigenvalue weighted by Gasteiger charge is 2.64. The van der Waals surface area contributed by atoms with Gasteiger partial charge in [-0.25, -0.2) is 0 Å². The van der Waals surface area contributed by atoms with Gasteiger partial charge in [-0.3, -0.25) is 14.4 Å². The van der Waals surface area contributed by atoms with Gasteiger partial charge >= 0.3 is 0 Å². The number of carbonyl (C=O) groups excluding carboxylic acids is 3. The highest BCUT2D eigenvalue weighted by molar-refractivity contribution is 6.34. The first-order valence-electron chi connectivity index (χ1n) is 9.31. The zero-order chi connectivity index (χ0) is 23.2. The molecule has 0 bridgehead atoms. The van der Waals surface area contributed by atoms with E-state index >= 15 is 0 Å². The number of carbonyl (C=O) groups is 3. The van der Waals surface area contributed by atoms with E-state index in [2.05, 4.69) is 0 Å². The molecule has 1 aromatic rings. The number of halogens is 1. The number of aliphatic hydroxyl groups excluding tert-OH is 3. The fourth-order valence-corrected chi connectivity index (χ4v) is 5.25. The van der Waals surface area contributed by atoms with E-state index in [1.54, 1.807) is 6.92 Å². The van der Waals surface area contributed by atoms with Gasteiger partial charge in [0.15, 0.2) is 17.1 Å². The number of ketones is 2. The summed E-state index contributed by atoms with van der Waals surface area (Å²) in [6.45, 7) is 1.60. The van der Waals surface area contributed by atoms with Crippen molar-refractivity contribution >= 4 is 34.8 Å². The predicted molar refractivity (Wildman–Crippen MR) is 106 cm³/mol. The van der Waals surface area contributed by atoms with Gasteiger partial charge in [0.2, 0.25) is 5.78 Å². The number of primary amides is 1. The fourth-order valence-electron chi connectivity index (χ4n) is 5.04. The van der Waals surface area contributed by atoms with Gasteiger partial charge in [-0.2, -0.15) is 0 Å². The van der Waals surface area contributed by atoms with Crippen molar-refractivity contribution in [2.75, 3.05) is 5.73 Å². The maximum Gasteiger partial charge on any atom is 0.255 e. The van der Waals surface area contributed by atoms with Gasteiger partial charge in [0.1, 0.15) is 17.1 Å². The van der Waals surface area contributed by atoms with Crippen LogP contribution in [0, 0.1) is 11.8 Å². The van der Waals surface area contributed by atoms with Gasteiger partial charge in [-0.15, -0.1) is 0 Å². The number of aliphatic hydroxyl groups is 4. The monoisotopic (exact) mass is 450 g/mol. The number of hydrogen-bond donors (Lipinski definition) is 7. The number of nitrogen functional groups attached to an aromatic ring is 1. The third kappa shape index (κ3) is 2.43. The minimum absolute atomic E-state index is 0.0196. The van der Waals surface area contributed by atoms with Crippen LogP contribution in [0.1, 0.15) is 35.2 Å². The number of fused-ring (bicyclic) bond motifs is 3. The topological polar surface area (TPSA) is 204 Å². The lowest BCUT2D eigenvalue weighted by atomic mass is 9.56. The summed E-state index contributed by atoms with van der Waals surface area (Å²) in [7, 11) is 0. The Kier molecular flexibility index (Phi) is 4.41. The van der Waals surface area contributed by atoms with Gasteiger partial charge in [0.25, 0.3) is 5.91 Å². The molecule has 3 aliphatic carbocycles. The van der Waals surface area contributed by atoms with Gasteiger partial charge in [-0.1, -0.05) is 18.5 Å². The van der Waals surface area contributed by atoms with E-state index in [-0.39, 0.29) is 21.8 Å². The third-order valence-electron chi connectivity index (χ3n) is 6.61. The zero-order valence-corrected chi connectivity index (χ0v) is 16.8. The Morgan fingerprint density at radius 1 is 1.26 bits per heavy atom. The smallest absolute Gasteiger partial charge is 0.255 e. The molecule has 0 aliphatic heterocycles. The van der Waals surface area contributed by atoms with Crippen molar-refractivity contribution in [1.29, 1.82) is 0 Å². The largest absolute Gasteiger partial charge is 0.511 e. The molecule has 1 amide bonds. The molecule has 0 saturated carbocycles. The normalized spacial score (nSPS) is 32.5. The van der Waals surface area contributed by atoms with Crippen LogP contribution in [0.15, 0.2) is 28.7 Å². The van der Waals surface area contributed by atoms with Crippen molar-refractivity contribution in [3.05, 3.63) is 44.9 Å². The molecule has 0 spiro atoms. The Morgan fingerprint density at radius 2 is 1.87 bits per heavy atom. The van der Waals surface area contributed by atoms with E-state index in [1.165, 1.54) is 6.07 Å². The van der Waals surface area contributed by atoms with E-state index in [1.807, 2.05) is 0 Å². The van der Waals surface area contributed by atoms with Gasteiger partial charge in [-0.05, 0) is 17.5 Å². The molecule has 1 aromatic carbocycles. The van der Waals surface area contributed by atoms with Crippen LogP contribution in [-0.2, 0) is 9.59 Å². The lowest BCUT2D eigenvalue weighted by molar-refractivity contribution is -0.154. The van der Waals surface area contributed by atoms with Crippen molar-refractivity contribution in [3.8, 4) is 5.75 Å². The van der Waals surface area contributed by atoms with Crippen LogP contribution in [-0.4, -0.2) is 54.7 Å². The Labute approximate surface area is 180 Å². The van der Waals surface area contributed by atoms with E-state index in [0.29, 0.717) is 0 Å². The van der Waals surface area contributed by atoms with Crippen LogP contribution in [0.4, 0.5) is 5.69 Å². The maximum absolute atomic E-state index is 13.3. The minimum Gasteiger partial charge on any atom is -0.511 e. The van der Waals surface area contributed by atoms with Crippen molar-refractivity contribution in [1.82, 2.24) is 0 Å². The van der Waals surface area contributed by atoms with Crippen molar-refractivity contribution in [3.63, 3.8) is 0 Å². The van der Waals surface area contributed by atoms with Crippen molar-refractivity contribution < 1.29 is 39.9 Å². The predicted octanol–water partition coefficient (Wildman–Crippen LogP) is 0.348. The summed E-state index contributed by atoms with van der Waals surface area (Å²) < 4.78 is 0. The van der Waals surface area contributed by atoms with E-state index in [0.717, 1.165) is 0 Å². The molecule has 3 aliphatic rings. The van der Waals surface area contributed by atoms with Crippen LogP contribution in [0.25, 0.3) is 0 Å². The molecule has 0 fully saturated rings. The summed E-state index contributed by atoms with van der Waals surface area (Å²) in [5, 5.41) is 53.7. The minimum atomic E-state index is -2.87. The third-order valence-corrected chi connectivity index (χ3v) is 6.92. The van der Waals surface area contributed by atoms with E-state index in [9.17, 15) is 39.9 Å². The molecule has 0 aromatic heterocycles. The molecule has 31 heavy (non-hydrogen) atoms. The number of rotatable bonds is 1. The molecule has 0 radical (unpaired) electrons. The number of hydrogen-bond acceptors (Lipinski definition) is 9. The molecule has 5 atom stereocenters. The van der Waals surface area contributed by atoms with Crippen LogP contribution in [0.3, 0.4) is 0 Å². The number of anilines is 1. The van der Waals surface area contributed by atoms with Gasteiger partial charge in [0.05, 0.1) is 22.4 Å². The fraction of sp³-hybridized carbons (Fsp3) is 0.350. The van der Waals surface area contributed by atoms with Crippen molar-refractivity contribution in [2.45, 2.75) is 31.0 Å². The molecular weight excluding hydrogens is 432 g/mol. The second-order valence-corrected chi connectivity index (χ2v) is 8.48. The number of nitrogens with two attached hydrogens (primary N) is 2. The second kappa shape index (κ2) is 6.46. The Bertz CT molecular complexity index is 1160. The number of allylic oxidation sites excluding steroid dienone is 1. The number of phenolic OH excluding ortho intramolecular Hbond substituents is 1. The summed E-state index contributed by atoms with van der Waals surface area (Å²) in [5.41, 5.74) is 6.25.